The molecule has 10 heavy (non-hydrogen) atoms. The third kappa shape index (κ3) is 4.52. The zero-order chi connectivity index (χ0) is 7.98. The van der Waals surface area contributed by atoms with Crippen molar-refractivity contribution in [3.63, 3.8) is 0 Å². The van der Waals surface area contributed by atoms with Gasteiger partial charge < -0.3 is 8.85 Å². The Bertz CT molecular complexity index is 105. The molecule has 0 amide bonds. The molecule has 0 aliphatic heterocycles. The van der Waals surface area contributed by atoms with Gasteiger partial charge in [-0.15, -0.1) is 0 Å². The Morgan fingerprint density at radius 3 is 2.40 bits per heavy atom. The van der Waals surface area contributed by atoms with Crippen molar-refractivity contribution in [2.75, 3.05) is 6.61 Å². The number of hydrogen-bond donors (Lipinski definition) is 0. The highest BCUT2D eigenvalue weighted by atomic mass is 28.3. The van der Waals surface area contributed by atoms with Crippen LogP contribution in [0, 0.1) is 0 Å². The molecule has 0 saturated heterocycles. The Morgan fingerprint density at radius 1 is 1.50 bits per heavy atom. The van der Waals surface area contributed by atoms with Gasteiger partial charge in [-0.3, -0.25) is 4.79 Å². The third-order valence-electron chi connectivity index (χ3n) is 0.852. The second kappa shape index (κ2) is 5.43. The fourth-order valence-corrected chi connectivity index (χ4v) is 1.57. The van der Waals surface area contributed by atoms with Crippen molar-refractivity contribution in [1.82, 2.24) is 0 Å². The maximum absolute atomic E-state index is 10.4. The summed E-state index contributed by atoms with van der Waals surface area (Å²) in [6, 6.07) is 0.804. The molecule has 0 fully saturated rings. The average molecular weight is 161 g/mol. The van der Waals surface area contributed by atoms with Crippen molar-refractivity contribution in [3.8, 4) is 0 Å². The Balaban J connectivity index is 3.49. The molecule has 0 aliphatic carbocycles. The van der Waals surface area contributed by atoms with Gasteiger partial charge in [-0.1, -0.05) is 6.92 Å². The summed E-state index contributed by atoms with van der Waals surface area (Å²) in [4.78, 5) is 10.4. The monoisotopic (exact) mass is 161 g/mol. The van der Waals surface area contributed by atoms with Crippen LogP contribution in [0.3, 0.4) is 0 Å². The van der Waals surface area contributed by atoms with Gasteiger partial charge in [0.25, 0.3) is 5.97 Å². The summed E-state index contributed by atoms with van der Waals surface area (Å²) in [5.41, 5.74) is 0. The Hall–Kier alpha value is -0.353. The first kappa shape index (κ1) is 9.65. The van der Waals surface area contributed by atoms with E-state index in [1.807, 2.05) is 13.8 Å². The van der Waals surface area contributed by atoms with Crippen molar-refractivity contribution < 1.29 is 13.6 Å². The van der Waals surface area contributed by atoms with Crippen LogP contribution in [-0.4, -0.2) is 21.9 Å². The zero-order valence-corrected chi connectivity index (χ0v) is 7.64. The van der Waals surface area contributed by atoms with E-state index >= 15 is 0 Å². The normalized spacial score (nSPS) is 10.0. The van der Waals surface area contributed by atoms with Crippen molar-refractivity contribution in [2.24, 2.45) is 0 Å². The SMILES string of the molecule is CCO[Si](CC)OC(C)=O. The van der Waals surface area contributed by atoms with Gasteiger partial charge in [0.2, 0.25) is 0 Å². The van der Waals surface area contributed by atoms with Crippen LogP contribution in [-0.2, 0) is 13.6 Å². The van der Waals surface area contributed by atoms with Crippen molar-refractivity contribution in [2.45, 2.75) is 26.8 Å². The average Bonchev–Trinajstić information content (AvgIpc) is 1.86. The predicted octanol–water partition coefficient (Wildman–Crippen LogP) is 1.09. The molecule has 4 heteroatoms. The third-order valence-corrected chi connectivity index (χ3v) is 2.55. The summed E-state index contributed by atoms with van der Waals surface area (Å²) in [5.74, 6) is -0.246. The zero-order valence-electron chi connectivity index (χ0n) is 6.64. The van der Waals surface area contributed by atoms with Gasteiger partial charge in [0.05, 0.1) is 0 Å². The fraction of sp³-hybridized carbons (Fsp3) is 0.833. The highest BCUT2D eigenvalue weighted by molar-refractivity contribution is 6.46. The fourth-order valence-electron chi connectivity index (χ4n) is 0.525. The van der Waals surface area contributed by atoms with Crippen LogP contribution in [0.2, 0.25) is 6.04 Å². The van der Waals surface area contributed by atoms with Crippen LogP contribution in [0.5, 0.6) is 0 Å². The number of carbonyl (C=O) groups excluding carboxylic acids is 1. The molecule has 0 atom stereocenters. The molecule has 3 nitrogen and oxygen atoms in total. The molecular formula is C6H13O3Si. The highest BCUT2D eigenvalue weighted by Gasteiger charge is 2.14. The molecule has 0 bridgehead atoms. The minimum absolute atomic E-state index is 0.246. The van der Waals surface area contributed by atoms with E-state index < -0.39 is 9.28 Å². The van der Waals surface area contributed by atoms with E-state index in [0.717, 1.165) is 6.04 Å². The van der Waals surface area contributed by atoms with Gasteiger partial charge in [-0.05, 0) is 6.92 Å². The summed E-state index contributed by atoms with van der Waals surface area (Å²) in [5, 5.41) is 0. The summed E-state index contributed by atoms with van der Waals surface area (Å²) in [6.45, 7) is 5.87. The second-order valence-electron chi connectivity index (χ2n) is 1.75. The Morgan fingerprint density at radius 2 is 2.10 bits per heavy atom. The van der Waals surface area contributed by atoms with Gasteiger partial charge in [0.15, 0.2) is 0 Å². The molecule has 0 saturated carbocycles. The summed E-state index contributed by atoms with van der Waals surface area (Å²) in [7, 11) is -1.28. The summed E-state index contributed by atoms with van der Waals surface area (Å²) in [6.07, 6.45) is 0. The number of carbonyl (C=O) groups is 1. The van der Waals surface area contributed by atoms with E-state index in [0.29, 0.717) is 6.61 Å². The Kier molecular flexibility index (Phi) is 5.24. The van der Waals surface area contributed by atoms with Crippen LogP contribution in [0.25, 0.3) is 0 Å². The van der Waals surface area contributed by atoms with Gasteiger partial charge in [0.1, 0.15) is 0 Å². The topological polar surface area (TPSA) is 35.5 Å². The van der Waals surface area contributed by atoms with E-state index in [1.165, 1.54) is 6.92 Å². The van der Waals surface area contributed by atoms with E-state index in [2.05, 4.69) is 0 Å². The molecule has 0 aromatic rings. The number of hydrogen-bond acceptors (Lipinski definition) is 3. The van der Waals surface area contributed by atoms with Crippen molar-refractivity contribution in [1.29, 1.82) is 0 Å². The van der Waals surface area contributed by atoms with Gasteiger partial charge in [-0.25, -0.2) is 0 Å². The minimum Gasteiger partial charge on any atom is -0.492 e. The van der Waals surface area contributed by atoms with Crippen LogP contribution < -0.4 is 0 Å². The molecule has 0 aromatic carbocycles. The van der Waals surface area contributed by atoms with Crippen LogP contribution in [0.15, 0.2) is 0 Å². The lowest BCUT2D eigenvalue weighted by Crippen LogP contribution is -2.23. The minimum atomic E-state index is -1.28. The molecule has 0 rings (SSSR count). The predicted molar refractivity (Wildman–Crippen MR) is 39.6 cm³/mol. The lowest BCUT2D eigenvalue weighted by atomic mass is 10.9. The van der Waals surface area contributed by atoms with E-state index in [-0.39, 0.29) is 5.97 Å². The smallest absolute Gasteiger partial charge is 0.459 e. The second-order valence-corrected chi connectivity index (χ2v) is 3.70. The maximum Gasteiger partial charge on any atom is 0.459 e. The first-order chi connectivity index (χ1) is 4.70. The van der Waals surface area contributed by atoms with Gasteiger partial charge in [0, 0.05) is 19.6 Å². The summed E-state index contributed by atoms with van der Waals surface area (Å²) < 4.78 is 10.0. The lowest BCUT2D eigenvalue weighted by Gasteiger charge is -2.09. The van der Waals surface area contributed by atoms with Crippen LogP contribution >= 0.6 is 0 Å². The summed E-state index contributed by atoms with van der Waals surface area (Å²) >= 11 is 0. The first-order valence-electron chi connectivity index (χ1n) is 3.37. The molecule has 0 unspecified atom stereocenters. The maximum atomic E-state index is 10.4. The van der Waals surface area contributed by atoms with Crippen LogP contribution in [0.1, 0.15) is 20.8 Å². The van der Waals surface area contributed by atoms with E-state index in [1.54, 1.807) is 0 Å². The lowest BCUT2D eigenvalue weighted by molar-refractivity contribution is -0.133. The van der Waals surface area contributed by atoms with Crippen LogP contribution in [0.4, 0.5) is 0 Å². The van der Waals surface area contributed by atoms with Gasteiger partial charge in [-0.2, -0.15) is 0 Å². The molecule has 0 N–H and O–H groups in total. The Labute approximate surface area is 63.2 Å². The first-order valence-corrected chi connectivity index (χ1v) is 4.90. The van der Waals surface area contributed by atoms with Crippen molar-refractivity contribution >= 4 is 15.3 Å². The molecule has 0 aromatic heterocycles. The molecule has 0 spiro atoms. The number of rotatable bonds is 4. The molecule has 0 heterocycles. The standard InChI is InChI=1S/C6H13O3Si/c1-4-8-10(5-2)9-6(3)7/h4-5H2,1-3H3. The largest absolute Gasteiger partial charge is 0.492 e. The van der Waals surface area contributed by atoms with Crippen molar-refractivity contribution in [3.05, 3.63) is 0 Å². The van der Waals surface area contributed by atoms with Gasteiger partial charge >= 0.3 is 9.28 Å². The van der Waals surface area contributed by atoms with E-state index in [9.17, 15) is 4.79 Å². The molecule has 59 valence electrons. The molecule has 1 radical (unpaired) electrons. The molecular weight excluding hydrogens is 148 g/mol. The van der Waals surface area contributed by atoms with E-state index in [4.69, 9.17) is 8.85 Å². The molecule has 0 aliphatic rings. The highest BCUT2D eigenvalue weighted by Crippen LogP contribution is 1.95. The quantitative estimate of drug-likeness (QED) is 0.579.